The highest BCUT2D eigenvalue weighted by atomic mass is 35.5. The van der Waals surface area contributed by atoms with E-state index in [0.717, 1.165) is 18.5 Å². The molecule has 2 aromatic carbocycles. The summed E-state index contributed by atoms with van der Waals surface area (Å²) >= 11 is 6.23. The van der Waals surface area contributed by atoms with E-state index in [1.807, 2.05) is 18.2 Å². The Kier molecular flexibility index (Phi) is 6.59. The summed E-state index contributed by atoms with van der Waals surface area (Å²) in [6.07, 6.45) is -4.52. The Labute approximate surface area is 188 Å². The molecule has 32 heavy (non-hydrogen) atoms. The van der Waals surface area contributed by atoms with Gasteiger partial charge in [-0.15, -0.1) is 13.2 Å². The lowest BCUT2D eigenvalue weighted by Crippen LogP contribution is -2.37. The van der Waals surface area contributed by atoms with Gasteiger partial charge in [-0.1, -0.05) is 23.7 Å². The predicted molar refractivity (Wildman–Crippen MR) is 119 cm³/mol. The Morgan fingerprint density at radius 3 is 2.66 bits per heavy atom. The maximum atomic E-state index is 13.0. The zero-order valence-electron chi connectivity index (χ0n) is 17.1. The zero-order valence-corrected chi connectivity index (χ0v) is 17.8. The highest BCUT2D eigenvalue weighted by Gasteiger charge is 2.33. The van der Waals surface area contributed by atoms with Gasteiger partial charge < -0.3 is 20.5 Å². The van der Waals surface area contributed by atoms with Crippen LogP contribution in [-0.2, 0) is 11.2 Å². The van der Waals surface area contributed by atoms with Crippen LogP contribution in [-0.4, -0.2) is 49.1 Å². The molecule has 0 atom stereocenters. The number of fused-ring (bicyclic) bond motifs is 1. The van der Waals surface area contributed by atoms with Crippen molar-refractivity contribution in [2.45, 2.75) is 12.8 Å². The first-order valence-electron chi connectivity index (χ1n) is 10.1. The fraction of sp³-hybridized carbons (Fsp3) is 0.318. The third-order valence-corrected chi connectivity index (χ3v) is 5.56. The van der Waals surface area contributed by atoms with Crippen LogP contribution in [0.25, 0.3) is 10.9 Å². The predicted octanol–water partition coefficient (Wildman–Crippen LogP) is 4.99. The van der Waals surface area contributed by atoms with Crippen LogP contribution in [0.15, 0.2) is 42.5 Å². The van der Waals surface area contributed by atoms with Gasteiger partial charge in [0.15, 0.2) is 0 Å². The van der Waals surface area contributed by atoms with Crippen molar-refractivity contribution in [3.8, 4) is 5.75 Å². The Morgan fingerprint density at radius 1 is 1.12 bits per heavy atom. The molecule has 3 N–H and O–H groups in total. The second-order valence-electron chi connectivity index (χ2n) is 7.39. The highest BCUT2D eigenvalue weighted by molar-refractivity contribution is 6.35. The molecular formula is C22H22ClF3N4O2. The van der Waals surface area contributed by atoms with E-state index < -0.39 is 6.36 Å². The van der Waals surface area contributed by atoms with Gasteiger partial charge in [0.1, 0.15) is 11.6 Å². The molecule has 3 aromatic rings. The van der Waals surface area contributed by atoms with Crippen molar-refractivity contribution in [2.75, 3.05) is 43.9 Å². The summed E-state index contributed by atoms with van der Waals surface area (Å²) in [5.41, 5.74) is 7.83. The number of ether oxygens (including phenoxy) is 2. The van der Waals surface area contributed by atoms with Crippen LogP contribution in [0.2, 0.25) is 5.02 Å². The van der Waals surface area contributed by atoms with Gasteiger partial charge in [-0.2, -0.15) is 0 Å². The van der Waals surface area contributed by atoms with Gasteiger partial charge in [0, 0.05) is 30.6 Å². The summed E-state index contributed by atoms with van der Waals surface area (Å²) in [4.78, 5) is 6.63. The molecule has 1 aromatic heterocycles. The van der Waals surface area contributed by atoms with Crippen LogP contribution in [0, 0.1) is 0 Å². The van der Waals surface area contributed by atoms with Crippen LogP contribution in [0.3, 0.4) is 0 Å². The van der Waals surface area contributed by atoms with Crippen molar-refractivity contribution in [3.05, 3.63) is 53.1 Å². The zero-order chi connectivity index (χ0) is 22.7. The Morgan fingerprint density at radius 2 is 1.91 bits per heavy atom. The van der Waals surface area contributed by atoms with E-state index in [4.69, 9.17) is 22.1 Å². The van der Waals surface area contributed by atoms with Crippen LogP contribution in [0.1, 0.15) is 5.56 Å². The number of anilines is 3. The number of morpholine rings is 1. The molecule has 2 heterocycles. The van der Waals surface area contributed by atoms with Gasteiger partial charge in [0.2, 0.25) is 0 Å². The first-order chi connectivity index (χ1) is 15.3. The molecule has 0 unspecified atom stereocenters. The maximum Gasteiger partial charge on any atom is 0.573 e. The van der Waals surface area contributed by atoms with Gasteiger partial charge in [-0.25, -0.2) is 4.98 Å². The standard InChI is InChI=1S/C22H22ClF3N4O2/c23-16-3-1-2-14-4-7-19(29-21(14)16)28-17-5-6-18(32-22(24,25)26)15(20(17)27)8-9-30-10-12-31-13-11-30/h1-7H,8-13,27H2,(H,28,29). The van der Waals surface area contributed by atoms with Crippen molar-refractivity contribution in [2.24, 2.45) is 0 Å². The van der Waals surface area contributed by atoms with Crippen molar-refractivity contribution in [1.82, 2.24) is 9.88 Å². The molecular weight excluding hydrogens is 445 g/mol. The van der Waals surface area contributed by atoms with E-state index in [9.17, 15) is 13.2 Å². The number of hydrogen-bond acceptors (Lipinski definition) is 6. The van der Waals surface area contributed by atoms with Crippen molar-refractivity contribution in [1.29, 1.82) is 0 Å². The number of nitrogens with one attached hydrogen (secondary N) is 1. The molecule has 0 bridgehead atoms. The van der Waals surface area contributed by atoms with Crippen LogP contribution >= 0.6 is 11.6 Å². The van der Waals surface area contributed by atoms with Gasteiger partial charge in [-0.05, 0) is 36.8 Å². The van der Waals surface area contributed by atoms with Gasteiger partial charge >= 0.3 is 6.36 Å². The fourth-order valence-electron chi connectivity index (χ4n) is 3.65. The maximum absolute atomic E-state index is 13.0. The third kappa shape index (κ3) is 5.35. The van der Waals surface area contributed by atoms with E-state index in [0.29, 0.717) is 48.2 Å². The average molecular weight is 467 g/mol. The molecule has 1 aliphatic heterocycles. The minimum absolute atomic E-state index is 0.182. The third-order valence-electron chi connectivity index (χ3n) is 5.26. The Bertz CT molecular complexity index is 1100. The first-order valence-corrected chi connectivity index (χ1v) is 10.5. The summed E-state index contributed by atoms with van der Waals surface area (Å²) in [6, 6.07) is 11.8. The smallest absolute Gasteiger partial charge is 0.405 e. The van der Waals surface area contributed by atoms with Crippen LogP contribution in [0.5, 0.6) is 5.75 Å². The molecule has 10 heteroatoms. The monoisotopic (exact) mass is 466 g/mol. The van der Waals surface area contributed by atoms with E-state index in [1.165, 1.54) is 12.1 Å². The summed E-state index contributed by atoms with van der Waals surface area (Å²) in [5, 5.41) is 4.47. The average Bonchev–Trinajstić information content (AvgIpc) is 2.76. The largest absolute Gasteiger partial charge is 0.573 e. The van der Waals surface area contributed by atoms with Crippen molar-refractivity contribution in [3.63, 3.8) is 0 Å². The highest BCUT2D eigenvalue weighted by Crippen LogP contribution is 2.36. The quantitative estimate of drug-likeness (QED) is 0.499. The minimum atomic E-state index is -4.81. The molecule has 1 aliphatic rings. The van der Waals surface area contributed by atoms with Gasteiger partial charge in [0.05, 0.1) is 35.1 Å². The molecule has 0 aliphatic carbocycles. The number of hydrogen-bond donors (Lipinski definition) is 2. The molecule has 0 amide bonds. The second-order valence-corrected chi connectivity index (χ2v) is 7.80. The molecule has 0 radical (unpaired) electrons. The van der Waals surface area contributed by atoms with Gasteiger partial charge in [0.25, 0.3) is 0 Å². The fourth-order valence-corrected chi connectivity index (χ4v) is 3.87. The molecule has 1 saturated heterocycles. The molecule has 1 fully saturated rings. The molecule has 0 spiro atoms. The number of nitrogens with two attached hydrogens (primary N) is 1. The molecule has 4 rings (SSSR count). The summed E-state index contributed by atoms with van der Waals surface area (Å²) in [6.45, 7) is 3.16. The number of para-hydroxylation sites is 1. The molecule has 0 saturated carbocycles. The number of nitrogens with zero attached hydrogens (tertiary/aromatic N) is 2. The normalized spacial score (nSPS) is 15.1. The van der Waals surface area contributed by atoms with E-state index >= 15 is 0 Å². The van der Waals surface area contributed by atoms with E-state index in [2.05, 4.69) is 19.9 Å². The number of pyridine rings is 1. The molecule has 6 nitrogen and oxygen atoms in total. The molecule has 170 valence electrons. The number of benzene rings is 2. The summed E-state index contributed by atoms with van der Waals surface area (Å²) in [5.74, 6) is 0.171. The summed E-state index contributed by atoms with van der Waals surface area (Å²) in [7, 11) is 0. The van der Waals surface area contributed by atoms with Crippen molar-refractivity contribution < 1.29 is 22.6 Å². The lowest BCUT2D eigenvalue weighted by atomic mass is 10.1. The number of aromatic nitrogens is 1. The lowest BCUT2D eigenvalue weighted by Gasteiger charge is -2.27. The number of rotatable bonds is 6. The summed E-state index contributed by atoms with van der Waals surface area (Å²) < 4.78 is 48.4. The second kappa shape index (κ2) is 9.40. The lowest BCUT2D eigenvalue weighted by molar-refractivity contribution is -0.274. The van der Waals surface area contributed by atoms with Crippen LogP contribution in [0.4, 0.5) is 30.4 Å². The van der Waals surface area contributed by atoms with Crippen molar-refractivity contribution >= 4 is 39.7 Å². The first kappa shape index (κ1) is 22.4. The number of halogens is 4. The Hall–Kier alpha value is -2.75. The minimum Gasteiger partial charge on any atom is -0.405 e. The number of alkyl halides is 3. The van der Waals surface area contributed by atoms with E-state index in [1.54, 1.807) is 12.1 Å². The number of nitrogen functional groups attached to an aromatic ring is 1. The Balaban J connectivity index is 1.62. The van der Waals surface area contributed by atoms with Gasteiger partial charge in [-0.3, -0.25) is 4.90 Å². The SMILES string of the molecule is Nc1c(Nc2ccc3cccc(Cl)c3n2)ccc(OC(F)(F)F)c1CCN1CCOCC1. The van der Waals surface area contributed by atoms with Crippen LogP contribution < -0.4 is 15.8 Å². The van der Waals surface area contributed by atoms with E-state index in [-0.39, 0.29) is 17.0 Å². The topological polar surface area (TPSA) is 72.6 Å².